The molecule has 0 aliphatic carbocycles. The molecule has 2 aromatic carbocycles. The topological polar surface area (TPSA) is 78.8 Å². The van der Waals surface area contributed by atoms with E-state index in [2.05, 4.69) is 5.32 Å². The van der Waals surface area contributed by atoms with Crippen molar-refractivity contribution in [3.05, 3.63) is 47.0 Å². The van der Waals surface area contributed by atoms with Gasteiger partial charge < -0.3 is 20.3 Å². The van der Waals surface area contributed by atoms with Gasteiger partial charge in [-0.25, -0.2) is 8.78 Å². The van der Waals surface area contributed by atoms with Gasteiger partial charge in [0.15, 0.2) is 23.1 Å². The largest absolute Gasteiger partial charge is 0.505 e. The maximum Gasteiger partial charge on any atom is 0.221 e. The van der Waals surface area contributed by atoms with Crippen molar-refractivity contribution in [1.82, 2.24) is 5.32 Å². The van der Waals surface area contributed by atoms with Gasteiger partial charge in [0.1, 0.15) is 11.5 Å². The molecule has 118 valence electrons. The van der Waals surface area contributed by atoms with E-state index >= 15 is 0 Å². The summed E-state index contributed by atoms with van der Waals surface area (Å²) < 4.78 is 33.2. The summed E-state index contributed by atoms with van der Waals surface area (Å²) in [4.78, 5) is 11.8. The van der Waals surface area contributed by atoms with Crippen LogP contribution in [0.25, 0.3) is 0 Å². The van der Waals surface area contributed by atoms with Gasteiger partial charge in [-0.2, -0.15) is 0 Å². The second-order valence-electron chi connectivity index (χ2n) is 5.66. The summed E-state index contributed by atoms with van der Waals surface area (Å²) >= 11 is 0. The molecule has 0 unspecified atom stereocenters. The summed E-state index contributed by atoms with van der Waals surface area (Å²) in [5.41, 5.74) is -0.546. The molecule has 1 fully saturated rings. The maximum atomic E-state index is 13.8. The molecule has 7 heteroatoms. The molecule has 4 rings (SSSR count). The van der Waals surface area contributed by atoms with Crippen LogP contribution in [0.5, 0.6) is 23.0 Å². The summed E-state index contributed by atoms with van der Waals surface area (Å²) in [5.74, 6) is -2.90. The smallest absolute Gasteiger partial charge is 0.221 e. The second kappa shape index (κ2) is 4.34. The van der Waals surface area contributed by atoms with Crippen molar-refractivity contribution < 1.29 is 28.5 Å². The Labute approximate surface area is 129 Å². The molecule has 1 amide bonds. The van der Waals surface area contributed by atoms with E-state index in [1.54, 1.807) is 0 Å². The van der Waals surface area contributed by atoms with Crippen molar-refractivity contribution in [1.29, 1.82) is 0 Å². The van der Waals surface area contributed by atoms with Crippen LogP contribution >= 0.6 is 0 Å². The first-order valence-electron chi connectivity index (χ1n) is 6.95. The minimum atomic E-state index is -1.15. The second-order valence-corrected chi connectivity index (χ2v) is 5.66. The number of hydrogen-bond donors (Lipinski definition) is 3. The number of nitrogens with one attached hydrogen (secondary N) is 1. The Balaban J connectivity index is 2.03. The van der Waals surface area contributed by atoms with Crippen LogP contribution in [-0.4, -0.2) is 16.1 Å². The molecular formula is C16H11F2NO4. The summed E-state index contributed by atoms with van der Waals surface area (Å²) in [6.07, 6.45) is 0.466. The Bertz CT molecular complexity index is 808. The molecule has 2 aliphatic rings. The first kappa shape index (κ1) is 13.8. The van der Waals surface area contributed by atoms with Crippen molar-refractivity contribution in [2.75, 3.05) is 0 Å². The highest BCUT2D eigenvalue weighted by Crippen LogP contribution is 2.53. The summed E-state index contributed by atoms with van der Waals surface area (Å²) in [5, 5.41) is 21.9. The molecule has 1 spiro atoms. The van der Waals surface area contributed by atoms with Gasteiger partial charge in [0.05, 0.1) is 5.54 Å². The fourth-order valence-electron chi connectivity index (χ4n) is 3.25. The van der Waals surface area contributed by atoms with Gasteiger partial charge in [0, 0.05) is 29.7 Å². The number of ether oxygens (including phenoxy) is 1. The summed E-state index contributed by atoms with van der Waals surface area (Å²) in [6, 6.07) is 4.34. The average molecular weight is 319 g/mol. The monoisotopic (exact) mass is 319 g/mol. The first-order valence-corrected chi connectivity index (χ1v) is 6.95. The number of rotatable bonds is 0. The molecule has 2 heterocycles. The molecule has 0 bridgehead atoms. The Hall–Kier alpha value is -2.83. The maximum absolute atomic E-state index is 13.8. The van der Waals surface area contributed by atoms with Crippen molar-refractivity contribution in [2.45, 2.75) is 18.4 Å². The molecule has 3 N–H and O–H groups in total. The lowest BCUT2D eigenvalue weighted by molar-refractivity contribution is -0.119. The molecule has 0 aromatic heterocycles. The highest BCUT2D eigenvalue weighted by Gasteiger charge is 2.48. The van der Waals surface area contributed by atoms with E-state index < -0.39 is 28.7 Å². The third-order valence-electron chi connectivity index (χ3n) is 4.32. The molecule has 5 nitrogen and oxygen atoms in total. The number of fused-ring (bicyclic) bond motifs is 4. The van der Waals surface area contributed by atoms with Crippen molar-refractivity contribution in [3.63, 3.8) is 0 Å². The Morgan fingerprint density at radius 3 is 1.96 bits per heavy atom. The lowest BCUT2D eigenvalue weighted by Gasteiger charge is -2.37. The van der Waals surface area contributed by atoms with E-state index in [0.29, 0.717) is 11.1 Å². The molecule has 2 aromatic rings. The van der Waals surface area contributed by atoms with Crippen molar-refractivity contribution in [3.8, 4) is 23.0 Å². The molecule has 0 radical (unpaired) electrons. The quantitative estimate of drug-likeness (QED) is 0.697. The number of aromatic hydroxyl groups is 2. The number of halogens is 2. The molecule has 0 saturated carbocycles. The lowest BCUT2D eigenvalue weighted by Crippen LogP contribution is -2.42. The van der Waals surface area contributed by atoms with Crippen molar-refractivity contribution in [2.24, 2.45) is 0 Å². The minimum absolute atomic E-state index is 0.143. The fourth-order valence-corrected chi connectivity index (χ4v) is 3.25. The van der Waals surface area contributed by atoms with Gasteiger partial charge in [-0.1, -0.05) is 0 Å². The Kier molecular flexibility index (Phi) is 2.61. The molecular weight excluding hydrogens is 308 g/mol. The number of benzene rings is 2. The number of hydrogen-bond acceptors (Lipinski definition) is 4. The van der Waals surface area contributed by atoms with Crippen LogP contribution < -0.4 is 10.1 Å². The van der Waals surface area contributed by atoms with Crippen LogP contribution in [0.15, 0.2) is 24.3 Å². The van der Waals surface area contributed by atoms with Crippen LogP contribution in [-0.2, 0) is 10.3 Å². The average Bonchev–Trinajstić information content (AvgIpc) is 2.87. The SMILES string of the molecule is O=C1CCC2(N1)c1cc(F)c(O)cc1Oc1cc(O)c(F)cc12. The predicted octanol–water partition coefficient (Wildman–Crippen LogP) is 2.64. The third-order valence-corrected chi connectivity index (χ3v) is 4.32. The Morgan fingerprint density at radius 2 is 1.52 bits per heavy atom. The van der Waals surface area contributed by atoms with E-state index in [-0.39, 0.29) is 30.2 Å². The van der Waals surface area contributed by atoms with Crippen LogP contribution in [0.4, 0.5) is 8.78 Å². The van der Waals surface area contributed by atoms with Crippen molar-refractivity contribution >= 4 is 5.91 Å². The van der Waals surface area contributed by atoms with Crippen LogP contribution in [0, 0.1) is 11.6 Å². The normalized spacial score (nSPS) is 17.4. The third kappa shape index (κ3) is 1.79. The standard InChI is InChI=1S/C16H11F2NO4/c17-9-3-7-13(5-11(9)20)23-14-6-12(21)10(18)4-8(14)16(7)2-1-15(22)19-16/h3-6,20-21H,1-2H2,(H,19,22). The Morgan fingerprint density at radius 1 is 1.00 bits per heavy atom. The number of phenolic OH excluding ortho intramolecular Hbond substituents is 2. The van der Waals surface area contributed by atoms with E-state index in [1.807, 2.05) is 0 Å². The number of phenols is 2. The van der Waals surface area contributed by atoms with Gasteiger partial charge >= 0.3 is 0 Å². The number of carbonyl (C=O) groups is 1. The van der Waals surface area contributed by atoms with Gasteiger partial charge in [-0.3, -0.25) is 4.79 Å². The van der Waals surface area contributed by atoms with Gasteiger partial charge in [0.2, 0.25) is 5.91 Å². The zero-order valence-electron chi connectivity index (χ0n) is 11.7. The minimum Gasteiger partial charge on any atom is -0.505 e. The van der Waals surface area contributed by atoms with E-state index in [0.717, 1.165) is 24.3 Å². The highest BCUT2D eigenvalue weighted by molar-refractivity contribution is 5.82. The lowest BCUT2D eigenvalue weighted by atomic mass is 9.79. The number of carbonyl (C=O) groups excluding carboxylic acids is 1. The molecule has 2 aliphatic heterocycles. The van der Waals surface area contributed by atoms with Gasteiger partial charge in [0.25, 0.3) is 0 Å². The van der Waals surface area contributed by atoms with Crippen LogP contribution in [0.1, 0.15) is 24.0 Å². The summed E-state index contributed by atoms with van der Waals surface area (Å²) in [6.45, 7) is 0. The molecule has 23 heavy (non-hydrogen) atoms. The van der Waals surface area contributed by atoms with E-state index in [1.165, 1.54) is 0 Å². The fraction of sp³-hybridized carbons (Fsp3) is 0.188. The zero-order chi connectivity index (χ0) is 16.4. The molecule has 0 atom stereocenters. The first-order chi connectivity index (χ1) is 10.9. The summed E-state index contributed by atoms with van der Waals surface area (Å²) in [7, 11) is 0. The van der Waals surface area contributed by atoms with Crippen LogP contribution in [0.3, 0.4) is 0 Å². The van der Waals surface area contributed by atoms with E-state index in [9.17, 15) is 23.8 Å². The zero-order valence-corrected chi connectivity index (χ0v) is 11.7. The van der Waals surface area contributed by atoms with Gasteiger partial charge in [-0.05, 0) is 18.6 Å². The van der Waals surface area contributed by atoms with Gasteiger partial charge in [-0.15, -0.1) is 0 Å². The highest BCUT2D eigenvalue weighted by atomic mass is 19.1. The van der Waals surface area contributed by atoms with Crippen LogP contribution in [0.2, 0.25) is 0 Å². The molecule has 1 saturated heterocycles. The predicted molar refractivity (Wildman–Crippen MR) is 74.4 cm³/mol. The van der Waals surface area contributed by atoms with E-state index in [4.69, 9.17) is 4.74 Å². The number of amides is 1.